The van der Waals surface area contributed by atoms with Gasteiger partial charge in [0.25, 0.3) is 0 Å². The summed E-state index contributed by atoms with van der Waals surface area (Å²) in [4.78, 5) is 29.7. The van der Waals surface area contributed by atoms with Gasteiger partial charge < -0.3 is 18.0 Å². The zero-order chi connectivity index (χ0) is 21.6. The highest BCUT2D eigenvalue weighted by Gasteiger charge is 2.54. The van der Waals surface area contributed by atoms with E-state index in [0.29, 0.717) is 26.2 Å². The molecule has 0 spiro atoms. The van der Waals surface area contributed by atoms with Crippen molar-refractivity contribution in [2.24, 2.45) is 0 Å². The monoisotopic (exact) mass is 426 g/mol. The minimum absolute atomic E-state index is 0.212. The van der Waals surface area contributed by atoms with Crippen molar-refractivity contribution in [1.29, 1.82) is 0 Å². The highest BCUT2D eigenvalue weighted by atomic mass is 28.4. The van der Waals surface area contributed by atoms with Gasteiger partial charge in [-0.25, -0.2) is 14.5 Å². The molecule has 0 bridgehead atoms. The molecule has 0 N–H and O–H groups in total. The summed E-state index contributed by atoms with van der Waals surface area (Å²) in [5, 5.41) is 1.93. The number of rotatable bonds is 16. The maximum absolute atomic E-state index is 13.2. The van der Waals surface area contributed by atoms with Crippen LogP contribution < -0.4 is 0 Å². The lowest BCUT2D eigenvalue weighted by Crippen LogP contribution is -2.65. The van der Waals surface area contributed by atoms with E-state index in [1.54, 1.807) is 20.8 Å². The van der Waals surface area contributed by atoms with Gasteiger partial charge in [0, 0.05) is 26.9 Å². The first-order valence-electron chi connectivity index (χ1n) is 9.91. The van der Waals surface area contributed by atoms with Crippen LogP contribution in [0.3, 0.4) is 0 Å². The first kappa shape index (κ1) is 27.2. The second-order valence-electron chi connectivity index (χ2n) is 5.44. The van der Waals surface area contributed by atoms with Gasteiger partial charge in [-0.2, -0.15) is 5.06 Å². The topological polar surface area (TPSA) is 88.2 Å². The molecule has 168 valence electrons. The minimum atomic E-state index is -3.29. The number of carbonyl (C=O) groups excluding carboxylic acids is 1. The van der Waals surface area contributed by atoms with Gasteiger partial charge >= 0.3 is 14.8 Å². The summed E-state index contributed by atoms with van der Waals surface area (Å²) in [6, 6.07) is -0.657. The van der Waals surface area contributed by atoms with Crippen LogP contribution in [0.5, 0.6) is 0 Å². The van der Waals surface area contributed by atoms with Gasteiger partial charge in [0.1, 0.15) is 5.67 Å². The van der Waals surface area contributed by atoms with Crippen molar-refractivity contribution in [1.82, 2.24) is 10.3 Å². The average molecular weight is 427 g/mol. The molecule has 0 saturated carbocycles. The van der Waals surface area contributed by atoms with Gasteiger partial charge in [-0.15, -0.1) is 0 Å². The Hall–Kier alpha value is -0.793. The Kier molecular flexibility index (Phi) is 14.7. The Morgan fingerprint density at radius 2 is 1.36 bits per heavy atom. The fourth-order valence-electron chi connectivity index (χ4n) is 2.50. The van der Waals surface area contributed by atoms with E-state index >= 15 is 0 Å². The van der Waals surface area contributed by atoms with Crippen molar-refractivity contribution in [3.8, 4) is 0 Å². The minimum Gasteiger partial charge on any atom is -0.372 e. The second kappa shape index (κ2) is 15.1. The third-order valence-electron chi connectivity index (χ3n) is 3.55. The predicted molar refractivity (Wildman–Crippen MR) is 105 cm³/mol. The molecular formula is C17H38N2O8Si. The smallest absolute Gasteiger partial charge is 0.372 e. The molecule has 11 heteroatoms. The third kappa shape index (κ3) is 7.91. The summed E-state index contributed by atoms with van der Waals surface area (Å²) in [6.07, 6.45) is -0.218. The SMILES string of the molecule is CCON(OC(C)OC)C(=O)N(OCC)C(CC)[Si](OCC)(OCC)OCC. The van der Waals surface area contributed by atoms with Crippen LogP contribution in [0.4, 0.5) is 4.79 Å². The van der Waals surface area contributed by atoms with Crippen LogP contribution in [-0.4, -0.2) is 77.2 Å². The Labute approximate surface area is 170 Å². The van der Waals surface area contributed by atoms with E-state index in [2.05, 4.69) is 0 Å². The summed E-state index contributed by atoms with van der Waals surface area (Å²) in [5.41, 5.74) is -0.593. The highest BCUT2D eigenvalue weighted by Crippen LogP contribution is 2.25. The van der Waals surface area contributed by atoms with E-state index in [9.17, 15) is 4.79 Å². The van der Waals surface area contributed by atoms with Gasteiger partial charge in [0.2, 0.25) is 0 Å². The molecule has 0 fully saturated rings. The van der Waals surface area contributed by atoms with E-state index in [4.69, 9.17) is 32.5 Å². The molecule has 0 saturated heterocycles. The molecule has 2 unspecified atom stereocenters. The van der Waals surface area contributed by atoms with Gasteiger partial charge in [0.05, 0.1) is 13.2 Å². The lowest BCUT2D eigenvalue weighted by atomic mass is 10.5. The lowest BCUT2D eigenvalue weighted by Gasteiger charge is -2.40. The first-order valence-corrected chi connectivity index (χ1v) is 11.7. The van der Waals surface area contributed by atoms with Crippen LogP contribution in [0.15, 0.2) is 0 Å². The molecule has 0 aliphatic heterocycles. The van der Waals surface area contributed by atoms with E-state index < -0.39 is 26.8 Å². The van der Waals surface area contributed by atoms with Crippen LogP contribution in [0.2, 0.25) is 0 Å². The molecule has 28 heavy (non-hydrogen) atoms. The van der Waals surface area contributed by atoms with Crippen LogP contribution in [0.1, 0.15) is 54.9 Å². The Morgan fingerprint density at radius 1 is 0.857 bits per heavy atom. The molecule has 0 aliphatic rings. The largest absolute Gasteiger partial charge is 0.527 e. The number of hydroxylamine groups is 4. The number of methoxy groups -OCH3 is 1. The van der Waals surface area contributed by atoms with Gasteiger partial charge in [-0.05, 0) is 48.0 Å². The molecule has 2 atom stereocenters. The molecule has 0 aromatic carbocycles. The lowest BCUT2D eigenvalue weighted by molar-refractivity contribution is -0.386. The van der Waals surface area contributed by atoms with Crippen molar-refractivity contribution in [3.05, 3.63) is 0 Å². The number of amides is 2. The molecular weight excluding hydrogens is 388 g/mol. The molecule has 0 heterocycles. The summed E-state index contributed by atoms with van der Waals surface area (Å²) < 4.78 is 23.0. The third-order valence-corrected chi connectivity index (χ3v) is 7.08. The quantitative estimate of drug-likeness (QED) is 0.211. The van der Waals surface area contributed by atoms with Crippen molar-refractivity contribution >= 4 is 14.8 Å². The zero-order valence-electron chi connectivity index (χ0n) is 18.6. The van der Waals surface area contributed by atoms with Crippen LogP contribution in [0.25, 0.3) is 0 Å². The highest BCUT2D eigenvalue weighted by molar-refractivity contribution is 6.62. The number of carbonyl (C=O) groups is 1. The van der Waals surface area contributed by atoms with E-state index in [1.165, 1.54) is 12.2 Å². The average Bonchev–Trinajstić information content (AvgIpc) is 2.67. The molecule has 10 nitrogen and oxygen atoms in total. The molecule has 0 aromatic heterocycles. The van der Waals surface area contributed by atoms with E-state index in [-0.39, 0.29) is 13.2 Å². The summed E-state index contributed by atoms with van der Waals surface area (Å²) in [7, 11) is -1.83. The van der Waals surface area contributed by atoms with Gasteiger partial charge in [-0.1, -0.05) is 12.2 Å². The molecule has 0 radical (unpaired) electrons. The van der Waals surface area contributed by atoms with Gasteiger partial charge in [-0.3, -0.25) is 4.84 Å². The Morgan fingerprint density at radius 3 is 1.71 bits per heavy atom. The maximum atomic E-state index is 13.2. The summed E-state index contributed by atoms with van der Waals surface area (Å²) >= 11 is 0. The number of ether oxygens (including phenoxy) is 1. The number of hydrogen-bond donors (Lipinski definition) is 0. The van der Waals surface area contributed by atoms with Gasteiger partial charge in [0.15, 0.2) is 6.29 Å². The van der Waals surface area contributed by atoms with Crippen LogP contribution in [-0.2, 0) is 32.5 Å². The van der Waals surface area contributed by atoms with Crippen LogP contribution in [0, 0.1) is 0 Å². The van der Waals surface area contributed by atoms with E-state index in [0.717, 1.165) is 5.23 Å². The van der Waals surface area contributed by atoms with Crippen molar-refractivity contribution in [3.63, 3.8) is 0 Å². The molecule has 2 amide bonds. The summed E-state index contributed by atoms with van der Waals surface area (Å²) in [5.74, 6) is 0. The fourth-order valence-corrected chi connectivity index (χ4v) is 5.51. The maximum Gasteiger partial charge on any atom is 0.527 e. The van der Waals surface area contributed by atoms with E-state index in [1.807, 2.05) is 27.7 Å². The Bertz CT molecular complexity index is 402. The fraction of sp³-hybridized carbons (Fsp3) is 0.941. The molecule has 0 aliphatic carbocycles. The van der Waals surface area contributed by atoms with Crippen molar-refractivity contribution in [2.45, 2.75) is 66.8 Å². The Balaban J connectivity index is 5.94. The van der Waals surface area contributed by atoms with Crippen LogP contribution >= 0.6 is 0 Å². The van der Waals surface area contributed by atoms with Crippen molar-refractivity contribution < 1.29 is 37.3 Å². The normalized spacial score (nSPS) is 14.0. The molecule has 0 aromatic rings. The number of hydrogen-bond acceptors (Lipinski definition) is 8. The predicted octanol–water partition coefficient (Wildman–Crippen LogP) is 2.90. The zero-order valence-corrected chi connectivity index (χ0v) is 19.6. The second-order valence-corrected chi connectivity index (χ2v) is 8.18. The standard InChI is InChI=1S/C17H38N2O8Si/c1-9-16(28(24-12-4,25-13-5)26-14-6)18(22-10-2)17(20)19(23-11-3)27-15(7)21-8/h15-16H,9-14H2,1-8H3. The molecule has 0 rings (SSSR count). The number of urea groups is 1. The first-order chi connectivity index (χ1) is 13.4. The number of nitrogens with zero attached hydrogens (tertiary/aromatic N) is 2. The van der Waals surface area contributed by atoms with Crippen molar-refractivity contribution in [2.75, 3.05) is 40.1 Å². The summed E-state index contributed by atoms with van der Waals surface area (Å²) in [6.45, 7) is 14.2.